The molecular formula is C128H82N6O2. The first-order valence-electron chi connectivity index (χ1n) is 46.5. The molecule has 0 unspecified atom stereocenters. The van der Waals surface area contributed by atoms with Gasteiger partial charge >= 0.3 is 0 Å². The third-order valence-corrected chi connectivity index (χ3v) is 27.8. The number of nitrogens with zero attached hydrogens (tertiary/aromatic N) is 6. The van der Waals surface area contributed by atoms with E-state index in [2.05, 4.69) is 501 Å². The quantitative estimate of drug-likeness (QED) is 0.109. The van der Waals surface area contributed by atoms with Crippen LogP contribution in [0.15, 0.2) is 506 Å². The van der Waals surface area contributed by atoms with Crippen molar-refractivity contribution in [3.05, 3.63) is 497 Å². The predicted octanol–water partition coefficient (Wildman–Crippen LogP) is 35.5. The van der Waals surface area contributed by atoms with Crippen molar-refractivity contribution in [2.24, 2.45) is 0 Å². The first-order valence-corrected chi connectivity index (χ1v) is 46.5. The maximum Gasteiger partial charge on any atom is 0.143 e. The first-order chi connectivity index (χ1) is 67.4. The maximum atomic E-state index is 6.47. The number of fused-ring (bicyclic) bond motifs is 20. The van der Waals surface area contributed by atoms with Crippen LogP contribution in [0.25, 0.3) is 220 Å². The number of hydrogen-bond donors (Lipinski definition) is 0. The summed E-state index contributed by atoms with van der Waals surface area (Å²) in [5.74, 6) is 0. The normalized spacial score (nSPS) is 11.8. The topological polar surface area (TPSA) is 52.5 Å². The number of rotatable bonds is 14. The fraction of sp³-hybridized carbons (Fsp3) is 0. The average molecular weight is 1740 g/mol. The Bertz CT molecular complexity index is 9510. The molecule has 0 aliphatic rings. The van der Waals surface area contributed by atoms with Gasteiger partial charge in [-0.15, -0.1) is 0 Å². The van der Waals surface area contributed by atoms with Gasteiger partial charge in [0.2, 0.25) is 0 Å². The van der Waals surface area contributed by atoms with Gasteiger partial charge in [-0.1, -0.05) is 309 Å². The Morgan fingerprint density at radius 1 is 0.147 bits per heavy atom. The number of aromatic nitrogens is 4. The van der Waals surface area contributed by atoms with Gasteiger partial charge in [-0.2, -0.15) is 0 Å². The molecule has 28 aromatic rings. The van der Waals surface area contributed by atoms with Gasteiger partial charge in [0.1, 0.15) is 22.3 Å². The number of hydrogen-bond acceptors (Lipinski definition) is 4. The Balaban J connectivity index is 0.000000138. The predicted molar refractivity (Wildman–Crippen MR) is 571 cm³/mol. The molecular weight excluding hydrogens is 1650 g/mol. The van der Waals surface area contributed by atoms with Crippen molar-refractivity contribution in [3.63, 3.8) is 0 Å². The molecule has 22 aromatic carbocycles. The molecule has 0 aliphatic heterocycles. The summed E-state index contributed by atoms with van der Waals surface area (Å²) in [5.41, 5.74) is 33.3. The van der Waals surface area contributed by atoms with Crippen LogP contribution in [0.5, 0.6) is 0 Å². The van der Waals surface area contributed by atoms with Crippen molar-refractivity contribution in [2.45, 2.75) is 0 Å². The molecule has 0 amide bonds. The second-order valence-corrected chi connectivity index (χ2v) is 35.4. The molecule has 636 valence electrons. The van der Waals surface area contributed by atoms with Gasteiger partial charge in [0.25, 0.3) is 0 Å². The van der Waals surface area contributed by atoms with E-state index in [0.717, 1.165) is 129 Å². The largest absolute Gasteiger partial charge is 0.455 e. The van der Waals surface area contributed by atoms with Crippen molar-refractivity contribution in [3.8, 4) is 67.3 Å². The number of benzene rings is 22. The highest BCUT2D eigenvalue weighted by Gasteiger charge is 2.24. The Kier molecular flexibility index (Phi) is 18.2. The third-order valence-electron chi connectivity index (χ3n) is 27.8. The summed E-state index contributed by atoms with van der Waals surface area (Å²) in [6, 6.07) is 180. The molecule has 0 saturated heterocycles. The van der Waals surface area contributed by atoms with Gasteiger partial charge < -0.3 is 36.9 Å². The Labute approximate surface area is 783 Å². The molecule has 0 radical (unpaired) electrons. The van der Waals surface area contributed by atoms with E-state index in [1.165, 1.54) is 125 Å². The zero-order valence-electron chi connectivity index (χ0n) is 73.8. The molecule has 6 heterocycles. The molecule has 136 heavy (non-hydrogen) atoms. The van der Waals surface area contributed by atoms with Gasteiger partial charge in [-0.25, -0.2) is 0 Å². The van der Waals surface area contributed by atoms with E-state index in [1.54, 1.807) is 0 Å². The second kappa shape index (κ2) is 31.8. The molecule has 0 spiro atoms. The van der Waals surface area contributed by atoms with Crippen LogP contribution in [0.4, 0.5) is 34.1 Å². The van der Waals surface area contributed by atoms with E-state index in [1.807, 2.05) is 24.3 Å². The minimum atomic E-state index is 0.901. The van der Waals surface area contributed by atoms with E-state index in [0.29, 0.717) is 0 Å². The zero-order valence-corrected chi connectivity index (χ0v) is 73.8. The molecule has 6 aromatic heterocycles. The van der Waals surface area contributed by atoms with Crippen LogP contribution < -0.4 is 9.80 Å². The second-order valence-electron chi connectivity index (χ2n) is 35.4. The third kappa shape index (κ3) is 12.9. The van der Waals surface area contributed by atoms with Crippen LogP contribution in [-0.2, 0) is 0 Å². The minimum absolute atomic E-state index is 0.901. The summed E-state index contributed by atoms with van der Waals surface area (Å²) >= 11 is 0. The highest BCUT2D eigenvalue weighted by atomic mass is 16.3. The average Bonchev–Trinajstić information content (AvgIpc) is 1.58. The lowest BCUT2D eigenvalue weighted by Crippen LogP contribution is -2.10. The highest BCUT2D eigenvalue weighted by molar-refractivity contribution is 6.16. The van der Waals surface area contributed by atoms with Gasteiger partial charge in [0, 0.05) is 133 Å². The Hall–Kier alpha value is -18.2. The van der Waals surface area contributed by atoms with Gasteiger partial charge in [-0.3, -0.25) is 0 Å². The molecule has 0 saturated carbocycles. The van der Waals surface area contributed by atoms with Gasteiger partial charge in [0.05, 0.1) is 44.1 Å². The number of anilines is 6. The lowest BCUT2D eigenvalue weighted by molar-refractivity contribution is 0.669. The van der Waals surface area contributed by atoms with Crippen LogP contribution in [0.2, 0.25) is 0 Å². The molecule has 8 heteroatoms. The molecule has 0 bridgehead atoms. The Morgan fingerprint density at radius 3 is 0.831 bits per heavy atom. The Morgan fingerprint density at radius 2 is 0.412 bits per heavy atom. The van der Waals surface area contributed by atoms with Crippen LogP contribution in [0, 0.1) is 0 Å². The number of para-hydroxylation sites is 12. The first kappa shape index (κ1) is 77.7. The molecule has 0 aliphatic carbocycles. The fourth-order valence-electron chi connectivity index (χ4n) is 21.4. The van der Waals surface area contributed by atoms with Crippen molar-refractivity contribution in [1.29, 1.82) is 0 Å². The van der Waals surface area contributed by atoms with Crippen molar-refractivity contribution in [2.75, 3.05) is 9.80 Å². The van der Waals surface area contributed by atoms with E-state index >= 15 is 0 Å². The van der Waals surface area contributed by atoms with Gasteiger partial charge in [-0.05, 0) is 243 Å². The van der Waals surface area contributed by atoms with Crippen LogP contribution >= 0.6 is 0 Å². The minimum Gasteiger partial charge on any atom is -0.455 e. The van der Waals surface area contributed by atoms with Crippen molar-refractivity contribution >= 4 is 187 Å². The van der Waals surface area contributed by atoms with E-state index in [9.17, 15) is 0 Å². The zero-order chi connectivity index (χ0) is 89.4. The molecule has 28 rings (SSSR count). The summed E-state index contributed by atoms with van der Waals surface area (Å²) in [4.78, 5) is 4.73. The van der Waals surface area contributed by atoms with Crippen LogP contribution in [0.1, 0.15) is 0 Å². The van der Waals surface area contributed by atoms with Gasteiger partial charge in [0.15, 0.2) is 0 Å². The maximum absolute atomic E-state index is 6.47. The highest BCUT2D eigenvalue weighted by Crippen LogP contribution is 2.47. The SMILES string of the molecule is c1ccc(-n2c3ccccc3c3ccc(-c4ccc(N(c5ccc(-c6cccc7c6oc6ccccc67)cc5)c5ccc6cc(-n7c8ccccc8c8ccccc87)ccc6c5)cc4)cc32)cc1.c1ccc(-n2c3ccccc3c3ccc(-c4ccc5cc(N(c6ccc(-c7cccc8c7oc7ccccc78)cc6)c6ccc(-n7c8ccccc8c8ccccc87)cc6)ccc5c4)cc32)cc1. The fourth-order valence-corrected chi connectivity index (χ4v) is 21.4. The summed E-state index contributed by atoms with van der Waals surface area (Å²) < 4.78 is 22.5. The van der Waals surface area contributed by atoms with Crippen molar-refractivity contribution in [1.82, 2.24) is 18.3 Å². The monoisotopic (exact) mass is 1730 g/mol. The molecule has 0 N–H and O–H groups in total. The summed E-state index contributed by atoms with van der Waals surface area (Å²) in [6.07, 6.45) is 0. The smallest absolute Gasteiger partial charge is 0.143 e. The lowest BCUT2D eigenvalue weighted by atomic mass is 9.99. The summed E-state index contributed by atoms with van der Waals surface area (Å²) in [7, 11) is 0. The lowest BCUT2D eigenvalue weighted by Gasteiger charge is -2.26. The van der Waals surface area contributed by atoms with Crippen molar-refractivity contribution < 1.29 is 8.83 Å². The van der Waals surface area contributed by atoms with Crippen LogP contribution in [-0.4, -0.2) is 18.3 Å². The van der Waals surface area contributed by atoms with E-state index < -0.39 is 0 Å². The summed E-state index contributed by atoms with van der Waals surface area (Å²) in [6.45, 7) is 0. The standard InChI is InChI=1S/2C64H41N3O/c1-2-13-47(14-3-1)66-59-21-8-6-17-55(59)56-38-31-46(41-62(56)66)42-25-32-48(33-26-42)65(49-34-27-43(28-35-49)52-19-12-20-58-57-18-7-11-24-63(57)68-64(52)58)50-36-29-45-40-51(37-30-44(45)39-50)67-60-22-9-4-15-53(60)54-16-5-10-23-61(54)67;1-2-13-47(14-3-1)67-61-23-10-6-17-55(61)56-38-30-46(41-62(56)67)43-25-26-45-40-51(33-29-44(45)39-43)65(48-31-27-42(28-32-48)52-19-12-20-58-57-18-7-11-24-63(57)68-64(52)58)49-34-36-50(37-35-49)66-59-21-8-4-15-53(59)54-16-5-9-22-60(54)66/h2*1-41H. The molecule has 0 fully saturated rings. The van der Waals surface area contributed by atoms with E-state index in [4.69, 9.17) is 8.83 Å². The van der Waals surface area contributed by atoms with Crippen LogP contribution in [0.3, 0.4) is 0 Å². The number of furan rings is 2. The molecule has 8 nitrogen and oxygen atoms in total. The molecule has 0 atom stereocenters. The summed E-state index contributed by atoms with van der Waals surface area (Å²) in [5, 5.41) is 19.3. The van der Waals surface area contributed by atoms with E-state index in [-0.39, 0.29) is 0 Å².